The molecule has 0 unspecified atom stereocenters. The Bertz CT molecular complexity index is 827. The molecule has 2 aromatic carbocycles. The van der Waals surface area contributed by atoms with Gasteiger partial charge in [0.1, 0.15) is 0 Å². The Hall–Kier alpha value is -1.95. The summed E-state index contributed by atoms with van der Waals surface area (Å²) in [5.74, 6) is -0.0370. The van der Waals surface area contributed by atoms with Gasteiger partial charge in [-0.1, -0.05) is 63.2 Å². The monoisotopic (exact) mass is 411 g/mol. The largest absolute Gasteiger partial charge is 0.415 e. The summed E-state index contributed by atoms with van der Waals surface area (Å²) in [6, 6.07) is 17.8. The smallest absolute Gasteiger partial charge is 0.254 e. The summed E-state index contributed by atoms with van der Waals surface area (Å²) in [6.07, 6.45) is 0.0817. The van der Waals surface area contributed by atoms with E-state index in [0.29, 0.717) is 25.1 Å². The molecule has 0 radical (unpaired) electrons. The average molecular weight is 412 g/mol. The highest BCUT2D eigenvalue weighted by Crippen LogP contribution is 2.37. The SMILES string of the molecule is CC(C)(C)[Si](C)(C)OC[C@@H]1C[C@@H](O)CN1C(=O)c1ccc(-c2ccccc2)cc1. The maximum atomic E-state index is 13.1. The molecular weight excluding hydrogens is 378 g/mol. The molecule has 0 aromatic heterocycles. The van der Waals surface area contributed by atoms with Gasteiger partial charge in [-0.05, 0) is 47.8 Å². The third-order valence-corrected chi connectivity index (χ3v) is 10.8. The second-order valence-electron chi connectivity index (χ2n) is 9.52. The molecule has 1 aliphatic heterocycles. The first-order valence-corrected chi connectivity index (χ1v) is 13.3. The zero-order valence-electron chi connectivity index (χ0n) is 18.2. The topological polar surface area (TPSA) is 49.8 Å². The van der Waals surface area contributed by atoms with Crippen molar-refractivity contribution < 1.29 is 14.3 Å². The van der Waals surface area contributed by atoms with Crippen molar-refractivity contribution in [1.29, 1.82) is 0 Å². The van der Waals surface area contributed by atoms with Crippen LogP contribution < -0.4 is 0 Å². The summed E-state index contributed by atoms with van der Waals surface area (Å²) in [7, 11) is -1.90. The van der Waals surface area contributed by atoms with E-state index in [4.69, 9.17) is 4.43 Å². The number of carbonyl (C=O) groups is 1. The number of aliphatic hydroxyl groups excluding tert-OH is 1. The highest BCUT2D eigenvalue weighted by Gasteiger charge is 2.40. The molecule has 0 aliphatic carbocycles. The van der Waals surface area contributed by atoms with Crippen molar-refractivity contribution in [3.8, 4) is 11.1 Å². The van der Waals surface area contributed by atoms with Crippen LogP contribution in [0.4, 0.5) is 0 Å². The molecular formula is C24H33NO3Si. The van der Waals surface area contributed by atoms with Crippen molar-refractivity contribution in [3.63, 3.8) is 0 Å². The lowest BCUT2D eigenvalue weighted by Gasteiger charge is -2.38. The van der Waals surface area contributed by atoms with Gasteiger partial charge < -0.3 is 14.4 Å². The minimum atomic E-state index is -1.90. The predicted octanol–water partition coefficient (Wildman–Crippen LogP) is 4.95. The number of nitrogens with zero attached hydrogens (tertiary/aromatic N) is 1. The Morgan fingerprint density at radius 2 is 1.66 bits per heavy atom. The summed E-state index contributed by atoms with van der Waals surface area (Å²) in [5, 5.41) is 10.3. The van der Waals surface area contributed by atoms with Crippen LogP contribution in [0.25, 0.3) is 11.1 Å². The van der Waals surface area contributed by atoms with Crippen LogP contribution in [0.3, 0.4) is 0 Å². The highest BCUT2D eigenvalue weighted by atomic mass is 28.4. The zero-order valence-corrected chi connectivity index (χ0v) is 19.2. The molecule has 1 saturated heterocycles. The van der Waals surface area contributed by atoms with Gasteiger partial charge in [0, 0.05) is 12.1 Å². The van der Waals surface area contributed by atoms with Crippen molar-refractivity contribution in [2.75, 3.05) is 13.2 Å². The first kappa shape index (κ1) is 21.7. The van der Waals surface area contributed by atoms with E-state index in [2.05, 4.69) is 46.0 Å². The van der Waals surface area contributed by atoms with E-state index in [-0.39, 0.29) is 17.0 Å². The van der Waals surface area contributed by atoms with Crippen molar-refractivity contribution in [2.45, 2.75) is 57.5 Å². The molecule has 2 atom stereocenters. The fourth-order valence-corrected chi connectivity index (χ4v) is 4.46. The lowest BCUT2D eigenvalue weighted by Crippen LogP contribution is -2.46. The van der Waals surface area contributed by atoms with Crippen LogP contribution in [0, 0.1) is 0 Å². The van der Waals surface area contributed by atoms with Gasteiger partial charge in [-0.3, -0.25) is 4.79 Å². The zero-order chi connectivity index (χ0) is 21.2. The van der Waals surface area contributed by atoms with Gasteiger partial charge in [0.15, 0.2) is 8.32 Å². The van der Waals surface area contributed by atoms with Crippen LogP contribution in [0.2, 0.25) is 18.1 Å². The Morgan fingerprint density at radius 3 is 2.24 bits per heavy atom. The molecule has 1 amide bonds. The first-order chi connectivity index (χ1) is 13.6. The van der Waals surface area contributed by atoms with Crippen LogP contribution in [0.1, 0.15) is 37.6 Å². The van der Waals surface area contributed by atoms with Gasteiger partial charge in [-0.15, -0.1) is 0 Å². The third-order valence-electron chi connectivity index (χ3n) is 6.33. The molecule has 0 saturated carbocycles. The summed E-state index contributed by atoms with van der Waals surface area (Å²) in [6.45, 7) is 11.9. The molecule has 4 nitrogen and oxygen atoms in total. The molecule has 1 N–H and O–H groups in total. The number of benzene rings is 2. The van der Waals surface area contributed by atoms with E-state index in [1.54, 1.807) is 4.90 Å². The number of rotatable bonds is 5. The Labute approximate surface area is 175 Å². The molecule has 0 bridgehead atoms. The first-order valence-electron chi connectivity index (χ1n) is 10.4. The number of aliphatic hydroxyl groups is 1. The third kappa shape index (κ3) is 4.97. The molecule has 156 valence electrons. The predicted molar refractivity (Wildman–Crippen MR) is 120 cm³/mol. The van der Waals surface area contributed by atoms with Crippen LogP contribution in [0.5, 0.6) is 0 Å². The Balaban J connectivity index is 1.71. The van der Waals surface area contributed by atoms with Crippen molar-refractivity contribution in [3.05, 3.63) is 60.2 Å². The molecule has 3 rings (SSSR count). The van der Waals surface area contributed by atoms with E-state index in [1.807, 2.05) is 42.5 Å². The Kier molecular flexibility index (Phi) is 6.32. The molecule has 2 aromatic rings. The maximum Gasteiger partial charge on any atom is 0.254 e. The molecule has 0 spiro atoms. The van der Waals surface area contributed by atoms with Gasteiger partial charge in [0.25, 0.3) is 5.91 Å². The van der Waals surface area contributed by atoms with Gasteiger partial charge in [0.05, 0.1) is 18.8 Å². The number of hydrogen-bond donors (Lipinski definition) is 1. The lowest BCUT2D eigenvalue weighted by molar-refractivity contribution is 0.0670. The van der Waals surface area contributed by atoms with Gasteiger partial charge in [-0.25, -0.2) is 0 Å². The van der Waals surface area contributed by atoms with E-state index in [9.17, 15) is 9.90 Å². The second-order valence-corrected chi connectivity index (χ2v) is 14.3. The standard InChI is InChI=1S/C24H33NO3Si/c1-24(2,3)29(4,5)28-17-21-15-22(26)16-25(21)23(27)20-13-11-19(12-14-20)18-9-7-6-8-10-18/h6-14,21-22,26H,15-17H2,1-5H3/t21-,22+/m0/s1. The average Bonchev–Trinajstić information content (AvgIpc) is 3.06. The minimum Gasteiger partial charge on any atom is -0.415 e. The lowest BCUT2D eigenvalue weighted by atomic mass is 10.0. The molecule has 5 heteroatoms. The fourth-order valence-electron chi connectivity index (χ4n) is 3.42. The van der Waals surface area contributed by atoms with Crippen molar-refractivity contribution >= 4 is 14.2 Å². The Morgan fingerprint density at radius 1 is 1.07 bits per heavy atom. The van der Waals surface area contributed by atoms with Gasteiger partial charge in [-0.2, -0.15) is 0 Å². The van der Waals surface area contributed by atoms with Crippen LogP contribution in [-0.2, 0) is 4.43 Å². The number of likely N-dealkylation sites (tertiary alicyclic amines) is 1. The number of β-amino-alcohol motifs (C(OH)–C–C–N with tert-alkyl or cyclic N) is 1. The fraction of sp³-hybridized carbons (Fsp3) is 0.458. The maximum absolute atomic E-state index is 13.1. The van der Waals surface area contributed by atoms with Crippen LogP contribution >= 0.6 is 0 Å². The normalized spacial score (nSPS) is 20.1. The molecule has 1 fully saturated rings. The van der Waals surface area contributed by atoms with Gasteiger partial charge in [0.2, 0.25) is 0 Å². The van der Waals surface area contributed by atoms with E-state index >= 15 is 0 Å². The second kappa shape index (κ2) is 8.42. The molecule has 29 heavy (non-hydrogen) atoms. The quantitative estimate of drug-likeness (QED) is 0.708. The molecule has 1 heterocycles. The van der Waals surface area contributed by atoms with Crippen LogP contribution in [-0.4, -0.2) is 49.5 Å². The number of hydrogen-bond acceptors (Lipinski definition) is 3. The highest BCUT2D eigenvalue weighted by molar-refractivity contribution is 6.74. The van der Waals surface area contributed by atoms with Crippen molar-refractivity contribution in [2.24, 2.45) is 0 Å². The number of carbonyl (C=O) groups excluding carboxylic acids is 1. The minimum absolute atomic E-state index is 0.0370. The van der Waals surface area contributed by atoms with Crippen molar-refractivity contribution in [1.82, 2.24) is 4.90 Å². The summed E-state index contributed by atoms with van der Waals surface area (Å²) < 4.78 is 6.35. The van der Waals surface area contributed by atoms with Gasteiger partial charge >= 0.3 is 0 Å². The summed E-state index contributed by atoms with van der Waals surface area (Å²) in [5.41, 5.74) is 2.86. The van der Waals surface area contributed by atoms with Crippen LogP contribution in [0.15, 0.2) is 54.6 Å². The molecule has 1 aliphatic rings. The summed E-state index contributed by atoms with van der Waals surface area (Å²) in [4.78, 5) is 14.9. The summed E-state index contributed by atoms with van der Waals surface area (Å²) >= 11 is 0. The van der Waals surface area contributed by atoms with E-state index in [0.717, 1.165) is 11.1 Å². The van der Waals surface area contributed by atoms with E-state index in [1.165, 1.54) is 0 Å². The van der Waals surface area contributed by atoms with E-state index < -0.39 is 14.4 Å². The number of amides is 1.